The lowest BCUT2D eigenvalue weighted by Gasteiger charge is -2.28. The number of anilines is 4. The first-order valence-electron chi connectivity index (χ1n) is 17.2. The Morgan fingerprint density at radius 2 is 1.16 bits per heavy atom. The normalized spacial score (nSPS) is 14.0. The number of nitrogens with zero attached hydrogens (tertiary/aromatic N) is 2. The predicted molar refractivity (Wildman–Crippen MR) is 214 cm³/mol. The Bertz CT molecular complexity index is 2710. The summed E-state index contributed by atoms with van der Waals surface area (Å²) < 4.78 is 8.08. The molecule has 9 aromatic rings. The van der Waals surface area contributed by atoms with E-state index < -0.39 is 0 Å². The minimum absolute atomic E-state index is 0.363. The van der Waals surface area contributed by atoms with Gasteiger partial charge in [-0.25, -0.2) is 0 Å². The topological polar surface area (TPSA) is 40.8 Å². The van der Waals surface area contributed by atoms with Crippen LogP contribution in [0, 0.1) is 0 Å². The van der Waals surface area contributed by atoms with E-state index >= 15 is 0 Å². The molecule has 0 saturated heterocycles. The molecule has 1 aliphatic rings. The fourth-order valence-electron chi connectivity index (χ4n) is 7.33. The van der Waals surface area contributed by atoms with Gasteiger partial charge in [-0.15, -0.1) is 11.3 Å². The van der Waals surface area contributed by atoms with Crippen LogP contribution in [0.3, 0.4) is 0 Å². The highest BCUT2D eigenvalue weighted by Gasteiger charge is 2.30. The maximum Gasteiger partial charge on any atom is 0.149 e. The van der Waals surface area contributed by atoms with Gasteiger partial charge in [0.05, 0.1) is 27.3 Å². The first-order valence-corrected chi connectivity index (χ1v) is 18.0. The number of thiophene rings is 1. The molecule has 0 spiro atoms. The second kappa shape index (κ2) is 12.2. The number of aliphatic imine (C=N–C) groups is 1. The van der Waals surface area contributed by atoms with Crippen LogP contribution in [-0.4, -0.2) is 5.71 Å². The number of nitrogens with one attached hydrogen (secondary N) is 1. The number of fused-ring (bicyclic) bond motifs is 6. The highest BCUT2D eigenvalue weighted by Crippen LogP contribution is 2.48. The summed E-state index contributed by atoms with van der Waals surface area (Å²) in [6.45, 7) is 0. The van der Waals surface area contributed by atoms with Crippen LogP contribution in [0.2, 0.25) is 0 Å². The van der Waals surface area contributed by atoms with Crippen molar-refractivity contribution in [3.05, 3.63) is 192 Å². The number of furan rings is 1. The van der Waals surface area contributed by atoms with Crippen molar-refractivity contribution in [2.45, 2.75) is 6.17 Å². The molecule has 1 unspecified atom stereocenters. The zero-order valence-electron chi connectivity index (χ0n) is 27.5. The van der Waals surface area contributed by atoms with E-state index in [1.807, 2.05) is 6.07 Å². The molecule has 0 radical (unpaired) electrons. The maximum atomic E-state index is 6.84. The van der Waals surface area contributed by atoms with E-state index in [9.17, 15) is 0 Å². The van der Waals surface area contributed by atoms with E-state index in [1.54, 1.807) is 11.3 Å². The predicted octanol–water partition coefficient (Wildman–Crippen LogP) is 12.9. The number of hydrogen-bond acceptors (Lipinski definition) is 5. The second-order valence-corrected chi connectivity index (χ2v) is 13.8. The van der Waals surface area contributed by atoms with E-state index in [0.29, 0.717) is 0 Å². The van der Waals surface area contributed by atoms with Gasteiger partial charge in [-0.2, -0.15) is 0 Å². The Kier molecular flexibility index (Phi) is 7.03. The van der Waals surface area contributed by atoms with Gasteiger partial charge in [0, 0.05) is 38.0 Å². The molecule has 10 rings (SSSR count). The Morgan fingerprint density at radius 1 is 0.549 bits per heavy atom. The van der Waals surface area contributed by atoms with Crippen molar-refractivity contribution in [2.75, 3.05) is 10.2 Å². The molecular weight excluding hydrogens is 643 g/mol. The molecule has 7 aromatic carbocycles. The first-order chi connectivity index (χ1) is 25.3. The van der Waals surface area contributed by atoms with E-state index in [4.69, 9.17) is 9.41 Å². The fraction of sp³-hybridized carbons (Fsp3) is 0.0217. The zero-order valence-corrected chi connectivity index (χ0v) is 28.3. The van der Waals surface area contributed by atoms with E-state index in [0.717, 1.165) is 66.4 Å². The van der Waals surface area contributed by atoms with Crippen molar-refractivity contribution in [1.82, 2.24) is 0 Å². The van der Waals surface area contributed by atoms with E-state index in [2.05, 4.69) is 180 Å². The summed E-state index contributed by atoms with van der Waals surface area (Å²) in [4.78, 5) is 8.94. The third kappa shape index (κ3) is 5.01. The van der Waals surface area contributed by atoms with Gasteiger partial charge in [0.25, 0.3) is 0 Å². The van der Waals surface area contributed by atoms with Gasteiger partial charge in [0.15, 0.2) is 0 Å². The van der Waals surface area contributed by atoms with Crippen LogP contribution in [0.4, 0.5) is 22.7 Å². The molecule has 1 atom stereocenters. The Hall–Kier alpha value is -6.43. The van der Waals surface area contributed by atoms with Gasteiger partial charge in [-0.1, -0.05) is 127 Å². The average molecular weight is 674 g/mol. The molecule has 3 heterocycles. The molecule has 0 saturated carbocycles. The van der Waals surface area contributed by atoms with Gasteiger partial charge in [0.2, 0.25) is 0 Å². The molecule has 0 aliphatic carbocycles. The summed E-state index contributed by atoms with van der Waals surface area (Å²) in [5.74, 6) is 0. The SMILES string of the molecule is c1ccc(C2=NC(c3ccc(N(c4ccccc4)c4ccc(-c5ccccc5)cc4)c4c3oc3ccccc34)Nc3c2sc2ccccc32)cc1. The number of para-hydroxylation sites is 2. The third-order valence-corrected chi connectivity index (χ3v) is 10.9. The molecule has 51 heavy (non-hydrogen) atoms. The van der Waals surface area contributed by atoms with Gasteiger partial charge in [-0.05, 0) is 59.7 Å². The minimum Gasteiger partial charge on any atom is -0.456 e. The first kappa shape index (κ1) is 29.5. The lowest BCUT2D eigenvalue weighted by Crippen LogP contribution is -2.19. The highest BCUT2D eigenvalue weighted by atomic mass is 32.1. The summed E-state index contributed by atoms with van der Waals surface area (Å²) in [5.41, 5.74) is 11.4. The zero-order chi connectivity index (χ0) is 33.7. The lowest BCUT2D eigenvalue weighted by molar-refractivity contribution is 0.655. The molecule has 2 aromatic heterocycles. The Morgan fingerprint density at radius 3 is 1.92 bits per heavy atom. The van der Waals surface area contributed by atoms with Crippen LogP contribution in [0.5, 0.6) is 0 Å². The molecule has 1 aliphatic heterocycles. The van der Waals surface area contributed by atoms with Crippen LogP contribution < -0.4 is 10.2 Å². The second-order valence-electron chi connectivity index (χ2n) is 12.8. The van der Waals surface area contributed by atoms with Crippen molar-refractivity contribution in [3.8, 4) is 11.1 Å². The lowest BCUT2D eigenvalue weighted by atomic mass is 10.00. The molecule has 242 valence electrons. The van der Waals surface area contributed by atoms with Crippen LogP contribution in [0.15, 0.2) is 185 Å². The van der Waals surface area contributed by atoms with Crippen LogP contribution in [-0.2, 0) is 0 Å². The molecule has 0 amide bonds. The summed E-state index contributed by atoms with van der Waals surface area (Å²) >= 11 is 1.79. The summed E-state index contributed by atoms with van der Waals surface area (Å²) in [6.07, 6.45) is -0.363. The molecule has 5 heteroatoms. The van der Waals surface area contributed by atoms with Gasteiger partial charge in [-0.3, -0.25) is 4.99 Å². The number of benzene rings is 7. The van der Waals surface area contributed by atoms with Crippen LogP contribution in [0.25, 0.3) is 43.2 Å². The van der Waals surface area contributed by atoms with Crippen molar-refractivity contribution in [3.63, 3.8) is 0 Å². The largest absolute Gasteiger partial charge is 0.456 e. The van der Waals surface area contributed by atoms with Crippen molar-refractivity contribution in [2.24, 2.45) is 4.99 Å². The summed E-state index contributed by atoms with van der Waals surface area (Å²) in [6, 6.07) is 61.8. The standard InChI is InChI=1S/C46H31N3OS/c1-4-14-30(15-5-1)31-24-26-34(27-25-31)49(33-18-8-3-9-19-33)38-29-28-37(44-41(38)35-20-10-12-22-39(35)50-44)46-47-42(32-16-6-2-7-17-32)45-43(48-46)36-21-11-13-23-40(36)51-45/h1-29,46,48H. The van der Waals surface area contributed by atoms with E-state index in [-0.39, 0.29) is 6.17 Å². The van der Waals surface area contributed by atoms with E-state index in [1.165, 1.54) is 21.2 Å². The fourth-order valence-corrected chi connectivity index (χ4v) is 8.52. The van der Waals surface area contributed by atoms with Crippen LogP contribution in [0.1, 0.15) is 22.2 Å². The smallest absolute Gasteiger partial charge is 0.149 e. The molecule has 0 bridgehead atoms. The van der Waals surface area contributed by atoms with Crippen molar-refractivity contribution in [1.29, 1.82) is 0 Å². The van der Waals surface area contributed by atoms with Gasteiger partial charge < -0.3 is 14.6 Å². The Labute approximate surface area is 299 Å². The third-order valence-electron chi connectivity index (χ3n) is 9.71. The maximum absolute atomic E-state index is 6.84. The van der Waals surface area contributed by atoms with Crippen molar-refractivity contribution >= 4 is 71.8 Å². The number of rotatable bonds is 6. The van der Waals surface area contributed by atoms with Crippen LogP contribution >= 0.6 is 11.3 Å². The molecular formula is C46H31N3OS. The molecule has 4 nitrogen and oxygen atoms in total. The monoisotopic (exact) mass is 673 g/mol. The average Bonchev–Trinajstić information content (AvgIpc) is 3.78. The highest BCUT2D eigenvalue weighted by molar-refractivity contribution is 7.22. The quantitative estimate of drug-likeness (QED) is 0.191. The number of hydrogen-bond donors (Lipinski definition) is 1. The minimum atomic E-state index is -0.363. The summed E-state index contributed by atoms with van der Waals surface area (Å²) in [7, 11) is 0. The van der Waals surface area contributed by atoms with Gasteiger partial charge >= 0.3 is 0 Å². The Balaban J connectivity index is 1.18. The summed E-state index contributed by atoms with van der Waals surface area (Å²) in [5, 5.41) is 7.18. The van der Waals surface area contributed by atoms with Crippen molar-refractivity contribution < 1.29 is 4.42 Å². The molecule has 0 fully saturated rings. The molecule has 1 N–H and O–H groups in total. The van der Waals surface area contributed by atoms with Gasteiger partial charge in [0.1, 0.15) is 17.3 Å².